The molecule has 3 nitrogen and oxygen atoms in total. The monoisotopic (exact) mass is 384 g/mol. The van der Waals surface area contributed by atoms with Crippen LogP contribution in [0.1, 0.15) is 26.0 Å². The Kier molecular flexibility index (Phi) is 5.53. The van der Waals surface area contributed by atoms with Crippen molar-refractivity contribution < 1.29 is 17.4 Å². The van der Waals surface area contributed by atoms with E-state index in [0.717, 1.165) is 0 Å². The molecule has 2 aromatic rings. The Hall–Kier alpha value is -0.920. The lowest BCUT2D eigenvalue weighted by molar-refractivity contribution is -0.143. The first kappa shape index (κ1) is 18.4. The molecule has 1 unspecified atom stereocenters. The Labute approximate surface area is 143 Å². The normalized spacial score (nSPS) is 13.7. The van der Waals surface area contributed by atoms with Crippen LogP contribution in [0.25, 0.3) is 11.0 Å². The van der Waals surface area contributed by atoms with E-state index in [9.17, 15) is 17.4 Å². The second-order valence-corrected chi connectivity index (χ2v) is 7.66. The van der Waals surface area contributed by atoms with Crippen LogP contribution >= 0.6 is 23.2 Å². The van der Waals surface area contributed by atoms with Gasteiger partial charge in [-0.25, -0.2) is 9.97 Å². The zero-order chi connectivity index (χ0) is 17.4. The predicted molar refractivity (Wildman–Crippen MR) is 85.3 cm³/mol. The average Bonchev–Trinajstić information content (AvgIpc) is 2.43. The molecule has 0 aliphatic carbocycles. The third kappa shape index (κ3) is 4.33. The van der Waals surface area contributed by atoms with Gasteiger partial charge in [-0.1, -0.05) is 37.0 Å². The highest BCUT2D eigenvalue weighted by Crippen LogP contribution is 2.34. The molecule has 1 aromatic carbocycles. The Balaban J connectivity index is 2.60. The molecule has 2 rings (SSSR count). The first-order valence-corrected chi connectivity index (χ1v) is 8.79. The van der Waals surface area contributed by atoms with Gasteiger partial charge in [0.1, 0.15) is 0 Å². The molecule has 0 saturated heterocycles. The maximum atomic E-state index is 13.2. The lowest BCUT2D eigenvalue weighted by atomic mass is 10.2. The van der Waals surface area contributed by atoms with Crippen LogP contribution in [-0.4, -0.2) is 19.9 Å². The van der Waals surface area contributed by atoms with E-state index in [-0.39, 0.29) is 32.7 Å². The number of hydrogen-bond donors (Lipinski definition) is 0. The predicted octanol–water partition coefficient (Wildman–Crippen LogP) is 5.11. The Morgan fingerprint density at radius 1 is 1.13 bits per heavy atom. The molecule has 0 radical (unpaired) electrons. The van der Waals surface area contributed by atoms with Crippen LogP contribution in [0.4, 0.5) is 13.2 Å². The number of hydrogen-bond acceptors (Lipinski definition) is 3. The summed E-state index contributed by atoms with van der Waals surface area (Å²) in [5.74, 6) is 0.303. The van der Waals surface area contributed by atoms with Crippen LogP contribution in [0.3, 0.4) is 0 Å². The lowest BCUT2D eigenvalue weighted by Crippen LogP contribution is -2.16. The second-order valence-electron chi connectivity index (χ2n) is 5.36. The fourth-order valence-electron chi connectivity index (χ4n) is 1.82. The van der Waals surface area contributed by atoms with Gasteiger partial charge in [-0.15, -0.1) is 0 Å². The van der Waals surface area contributed by atoms with Gasteiger partial charge in [0.2, 0.25) is 0 Å². The van der Waals surface area contributed by atoms with Crippen LogP contribution in [0.2, 0.25) is 10.0 Å². The Morgan fingerprint density at radius 3 is 2.13 bits per heavy atom. The Bertz CT molecular complexity index is 766. The summed E-state index contributed by atoms with van der Waals surface area (Å²) in [7, 11) is -1.90. The first-order chi connectivity index (χ1) is 10.6. The molecule has 0 spiro atoms. The molecule has 23 heavy (non-hydrogen) atoms. The van der Waals surface area contributed by atoms with Crippen LogP contribution in [0.15, 0.2) is 17.2 Å². The number of benzene rings is 1. The standard InChI is InChI=1S/C14H13Cl2F3N2OS/c1-7(2)3-4-23(22)13-12(14(17,18)19)20-10-5-8(15)9(16)6-11(10)21-13/h5-7H,3-4H2,1-2H3. The van der Waals surface area contributed by atoms with Crippen molar-refractivity contribution in [3.8, 4) is 0 Å². The third-order valence-electron chi connectivity index (χ3n) is 3.04. The second kappa shape index (κ2) is 6.91. The van der Waals surface area contributed by atoms with Gasteiger partial charge in [0.05, 0.1) is 31.9 Å². The topological polar surface area (TPSA) is 42.9 Å². The number of nitrogens with zero attached hydrogens (tertiary/aromatic N) is 2. The van der Waals surface area contributed by atoms with Crippen molar-refractivity contribution in [1.82, 2.24) is 9.97 Å². The van der Waals surface area contributed by atoms with E-state index < -0.39 is 27.7 Å². The van der Waals surface area contributed by atoms with Gasteiger partial charge in [-0.3, -0.25) is 4.21 Å². The zero-order valence-corrected chi connectivity index (χ0v) is 14.6. The largest absolute Gasteiger partial charge is 0.436 e. The summed E-state index contributed by atoms with van der Waals surface area (Å²) in [6, 6.07) is 2.53. The molecule has 1 atom stereocenters. The molecule has 0 aliphatic heterocycles. The summed E-state index contributed by atoms with van der Waals surface area (Å²) in [6.45, 7) is 3.80. The number of halogens is 5. The SMILES string of the molecule is CC(C)CCS(=O)c1nc2cc(Cl)c(Cl)cc2nc1C(F)(F)F. The highest BCUT2D eigenvalue weighted by atomic mass is 35.5. The highest BCUT2D eigenvalue weighted by molar-refractivity contribution is 7.85. The van der Waals surface area contributed by atoms with Gasteiger partial charge in [-0.05, 0) is 24.5 Å². The molecule has 0 N–H and O–H groups in total. The molecule has 0 fully saturated rings. The number of fused-ring (bicyclic) bond motifs is 1. The number of alkyl halides is 3. The number of aromatic nitrogens is 2. The average molecular weight is 385 g/mol. The van der Waals surface area contributed by atoms with Crippen LogP contribution in [0, 0.1) is 5.92 Å². The molecule has 0 amide bonds. The first-order valence-electron chi connectivity index (χ1n) is 6.72. The van der Waals surface area contributed by atoms with Gasteiger partial charge in [0, 0.05) is 5.75 Å². The minimum absolute atomic E-state index is 0.0451. The molecule has 0 bridgehead atoms. The van der Waals surface area contributed by atoms with Gasteiger partial charge in [0.15, 0.2) is 10.7 Å². The van der Waals surface area contributed by atoms with Crippen molar-refractivity contribution in [2.45, 2.75) is 31.5 Å². The van der Waals surface area contributed by atoms with Crippen molar-refractivity contribution in [3.05, 3.63) is 27.9 Å². The van der Waals surface area contributed by atoms with Crippen LogP contribution in [-0.2, 0) is 17.0 Å². The minimum Gasteiger partial charge on any atom is -0.253 e. The van der Waals surface area contributed by atoms with E-state index in [1.165, 1.54) is 12.1 Å². The van der Waals surface area contributed by atoms with Crippen LogP contribution in [0.5, 0.6) is 0 Å². The fraction of sp³-hybridized carbons (Fsp3) is 0.429. The van der Waals surface area contributed by atoms with E-state index in [0.29, 0.717) is 6.42 Å². The summed E-state index contributed by atoms with van der Waals surface area (Å²) >= 11 is 11.7. The molecule has 9 heteroatoms. The summed E-state index contributed by atoms with van der Waals surface area (Å²) < 4.78 is 51.9. The van der Waals surface area contributed by atoms with E-state index >= 15 is 0 Å². The van der Waals surface area contributed by atoms with Crippen molar-refractivity contribution in [3.63, 3.8) is 0 Å². The molecule has 126 valence electrons. The fourth-order valence-corrected chi connectivity index (χ4v) is 3.59. The van der Waals surface area contributed by atoms with Crippen molar-refractivity contribution in [1.29, 1.82) is 0 Å². The quantitative estimate of drug-likeness (QED) is 0.735. The third-order valence-corrected chi connectivity index (χ3v) is 5.08. The minimum atomic E-state index is -4.75. The van der Waals surface area contributed by atoms with Gasteiger partial charge in [-0.2, -0.15) is 13.2 Å². The maximum absolute atomic E-state index is 13.2. The van der Waals surface area contributed by atoms with Crippen molar-refractivity contribution in [2.24, 2.45) is 5.92 Å². The maximum Gasteiger partial charge on any atom is 0.436 e. The zero-order valence-electron chi connectivity index (χ0n) is 12.2. The van der Waals surface area contributed by atoms with E-state index in [4.69, 9.17) is 23.2 Å². The molecule has 1 aromatic heterocycles. The molecular formula is C14H13Cl2F3N2OS. The summed E-state index contributed by atoms with van der Waals surface area (Å²) in [5, 5.41) is -0.341. The molecule has 0 aliphatic rings. The summed E-state index contributed by atoms with van der Waals surface area (Å²) in [4.78, 5) is 7.47. The molecular weight excluding hydrogens is 372 g/mol. The van der Waals surface area contributed by atoms with Gasteiger partial charge < -0.3 is 0 Å². The molecule has 1 heterocycles. The van der Waals surface area contributed by atoms with Crippen LogP contribution < -0.4 is 0 Å². The van der Waals surface area contributed by atoms with E-state index in [2.05, 4.69) is 9.97 Å². The molecule has 0 saturated carbocycles. The van der Waals surface area contributed by atoms with Gasteiger partial charge >= 0.3 is 6.18 Å². The smallest absolute Gasteiger partial charge is 0.253 e. The van der Waals surface area contributed by atoms with E-state index in [1.54, 1.807) is 0 Å². The lowest BCUT2D eigenvalue weighted by Gasteiger charge is -2.13. The van der Waals surface area contributed by atoms with E-state index in [1.807, 2.05) is 13.8 Å². The number of rotatable bonds is 4. The van der Waals surface area contributed by atoms with Crippen molar-refractivity contribution in [2.75, 3.05) is 5.75 Å². The summed E-state index contributed by atoms with van der Waals surface area (Å²) in [6.07, 6.45) is -4.23. The Morgan fingerprint density at radius 2 is 1.65 bits per heavy atom. The highest BCUT2D eigenvalue weighted by Gasteiger charge is 2.38. The van der Waals surface area contributed by atoms with Gasteiger partial charge in [0.25, 0.3) is 0 Å². The summed E-state index contributed by atoms with van der Waals surface area (Å²) in [5.41, 5.74) is -1.16. The van der Waals surface area contributed by atoms with Crippen molar-refractivity contribution >= 4 is 45.0 Å².